The van der Waals surface area contributed by atoms with Crippen LogP contribution in [-0.2, 0) is 0 Å². The van der Waals surface area contributed by atoms with E-state index >= 15 is 0 Å². The van der Waals surface area contributed by atoms with Crippen LogP contribution in [0.3, 0.4) is 0 Å². The van der Waals surface area contributed by atoms with Crippen molar-refractivity contribution in [3.05, 3.63) is 29.8 Å². The molecule has 0 saturated carbocycles. The Kier molecular flexibility index (Phi) is 6.81. The highest BCUT2D eigenvalue weighted by Gasteiger charge is 2.30. The van der Waals surface area contributed by atoms with Gasteiger partial charge in [-0.05, 0) is 50.4 Å². The third-order valence-corrected chi connectivity index (χ3v) is 2.90. The number of alkyl halides is 3. The van der Waals surface area contributed by atoms with Gasteiger partial charge in [0.1, 0.15) is 5.75 Å². The van der Waals surface area contributed by atoms with E-state index in [1.54, 1.807) is 12.1 Å². The van der Waals surface area contributed by atoms with Gasteiger partial charge in [0, 0.05) is 12.6 Å². The minimum atomic E-state index is -4.65. The van der Waals surface area contributed by atoms with Crippen LogP contribution in [0.15, 0.2) is 24.3 Å². The monoisotopic (exact) mass is 291 g/mol. The molecule has 1 aromatic carbocycles. The Morgan fingerprint density at radius 3 is 2.35 bits per heavy atom. The zero-order chi connectivity index (χ0) is 15.0. The predicted molar refractivity (Wildman–Crippen MR) is 70.5 cm³/mol. The van der Waals surface area contributed by atoms with Crippen molar-refractivity contribution in [3.63, 3.8) is 0 Å². The van der Waals surface area contributed by atoms with Crippen LogP contribution in [0.25, 0.3) is 0 Å². The molecule has 0 fully saturated rings. The van der Waals surface area contributed by atoms with Crippen molar-refractivity contribution < 1.29 is 23.0 Å². The molecule has 0 aliphatic carbocycles. The molecule has 0 radical (unpaired) electrons. The molecule has 1 unspecified atom stereocenters. The maximum atomic E-state index is 12.0. The third-order valence-electron chi connectivity index (χ3n) is 2.90. The Balaban J connectivity index is 2.39. The molecule has 0 saturated heterocycles. The van der Waals surface area contributed by atoms with Gasteiger partial charge in [-0.25, -0.2) is 0 Å². The van der Waals surface area contributed by atoms with E-state index in [-0.39, 0.29) is 18.4 Å². The minimum Gasteiger partial charge on any atom is -0.406 e. The van der Waals surface area contributed by atoms with Gasteiger partial charge < -0.3 is 15.2 Å². The van der Waals surface area contributed by atoms with E-state index < -0.39 is 6.36 Å². The van der Waals surface area contributed by atoms with Gasteiger partial charge >= 0.3 is 6.36 Å². The molecule has 0 aliphatic heterocycles. The first-order chi connectivity index (χ1) is 9.42. The van der Waals surface area contributed by atoms with Crippen LogP contribution in [0.4, 0.5) is 13.2 Å². The van der Waals surface area contributed by atoms with Crippen LogP contribution >= 0.6 is 0 Å². The van der Waals surface area contributed by atoms with Crippen molar-refractivity contribution in [1.29, 1.82) is 0 Å². The van der Waals surface area contributed by atoms with Gasteiger partial charge in [0.05, 0.1) is 0 Å². The van der Waals surface area contributed by atoms with Gasteiger partial charge in [0.25, 0.3) is 0 Å². The fraction of sp³-hybridized carbons (Fsp3) is 0.571. The Bertz CT molecular complexity index is 379. The zero-order valence-electron chi connectivity index (χ0n) is 11.4. The lowest BCUT2D eigenvalue weighted by Gasteiger charge is -2.15. The van der Waals surface area contributed by atoms with Crippen molar-refractivity contribution in [2.24, 2.45) is 0 Å². The first-order valence-corrected chi connectivity index (χ1v) is 6.62. The molecular weight excluding hydrogens is 271 g/mol. The first kappa shape index (κ1) is 16.8. The summed E-state index contributed by atoms with van der Waals surface area (Å²) < 4.78 is 39.9. The molecule has 0 aromatic heterocycles. The Morgan fingerprint density at radius 2 is 1.80 bits per heavy atom. The maximum absolute atomic E-state index is 12.0. The Labute approximate surface area is 116 Å². The number of benzene rings is 1. The molecule has 3 nitrogen and oxygen atoms in total. The highest BCUT2D eigenvalue weighted by atomic mass is 19.4. The molecule has 0 bridgehead atoms. The van der Waals surface area contributed by atoms with Crippen LogP contribution in [0.5, 0.6) is 5.75 Å². The molecule has 1 atom stereocenters. The number of hydrogen-bond acceptors (Lipinski definition) is 3. The molecule has 0 heterocycles. The quantitative estimate of drug-likeness (QED) is 0.721. The lowest BCUT2D eigenvalue weighted by Crippen LogP contribution is -2.20. The summed E-state index contributed by atoms with van der Waals surface area (Å²) in [7, 11) is 0. The molecule has 0 amide bonds. The van der Waals surface area contributed by atoms with Crippen molar-refractivity contribution in [2.45, 2.75) is 38.6 Å². The smallest absolute Gasteiger partial charge is 0.406 e. The van der Waals surface area contributed by atoms with E-state index in [0.717, 1.165) is 31.4 Å². The summed E-state index contributed by atoms with van der Waals surface area (Å²) in [5.74, 6) is -0.212. The van der Waals surface area contributed by atoms with Gasteiger partial charge in [-0.3, -0.25) is 0 Å². The first-order valence-electron chi connectivity index (χ1n) is 6.62. The van der Waals surface area contributed by atoms with Gasteiger partial charge in [-0.15, -0.1) is 13.2 Å². The number of unbranched alkanes of at least 4 members (excludes halogenated alkanes) is 2. The largest absolute Gasteiger partial charge is 0.573 e. The van der Waals surface area contributed by atoms with Crippen molar-refractivity contribution in [3.8, 4) is 5.75 Å². The molecule has 20 heavy (non-hydrogen) atoms. The van der Waals surface area contributed by atoms with E-state index in [9.17, 15) is 13.2 Å². The minimum absolute atomic E-state index is 0.0593. The molecule has 6 heteroatoms. The van der Waals surface area contributed by atoms with E-state index in [1.807, 2.05) is 6.92 Å². The van der Waals surface area contributed by atoms with Gasteiger partial charge in [-0.2, -0.15) is 0 Å². The van der Waals surface area contributed by atoms with Crippen LogP contribution in [0, 0.1) is 0 Å². The summed E-state index contributed by atoms with van der Waals surface area (Å²) in [4.78, 5) is 0. The van der Waals surface area contributed by atoms with E-state index in [0.29, 0.717) is 0 Å². The average molecular weight is 291 g/mol. The fourth-order valence-electron chi connectivity index (χ4n) is 1.81. The Hall–Kier alpha value is -1.27. The van der Waals surface area contributed by atoms with E-state index in [4.69, 9.17) is 5.11 Å². The second-order valence-electron chi connectivity index (χ2n) is 4.58. The summed E-state index contributed by atoms with van der Waals surface area (Å²) in [5, 5.41) is 11.9. The molecular formula is C14H20F3NO2. The normalized spacial score (nSPS) is 13.2. The average Bonchev–Trinajstić information content (AvgIpc) is 2.37. The second-order valence-corrected chi connectivity index (χ2v) is 4.58. The number of ether oxygens (including phenoxy) is 1. The number of aliphatic hydroxyl groups is 1. The number of aliphatic hydroxyl groups excluding tert-OH is 1. The van der Waals surface area contributed by atoms with Crippen molar-refractivity contribution >= 4 is 0 Å². The molecule has 0 aliphatic rings. The number of rotatable bonds is 8. The predicted octanol–water partition coefficient (Wildman–Crippen LogP) is 3.40. The molecule has 0 spiro atoms. The van der Waals surface area contributed by atoms with Gasteiger partial charge in [0.2, 0.25) is 0 Å². The maximum Gasteiger partial charge on any atom is 0.573 e. The lowest BCUT2D eigenvalue weighted by atomic mass is 10.1. The van der Waals surface area contributed by atoms with E-state index in [2.05, 4.69) is 10.1 Å². The molecule has 2 N–H and O–H groups in total. The molecule has 1 aromatic rings. The van der Waals surface area contributed by atoms with Crippen LogP contribution in [0.2, 0.25) is 0 Å². The topological polar surface area (TPSA) is 41.5 Å². The summed E-state index contributed by atoms with van der Waals surface area (Å²) in [6.45, 7) is 2.96. The summed E-state index contributed by atoms with van der Waals surface area (Å²) in [6.07, 6.45) is -1.95. The SMILES string of the molecule is CC(NCCCCCO)c1ccc(OC(F)(F)F)cc1. The standard InChI is InChI=1S/C14H20F3NO2/c1-11(18-9-3-2-4-10-19)12-5-7-13(8-6-12)20-14(15,16)17/h5-8,11,18-19H,2-4,9-10H2,1H3. The number of hydrogen-bond donors (Lipinski definition) is 2. The summed E-state index contributed by atoms with van der Waals surface area (Å²) in [6, 6.07) is 5.92. The highest BCUT2D eigenvalue weighted by molar-refractivity contribution is 5.29. The molecule has 1 rings (SSSR count). The molecule has 114 valence electrons. The zero-order valence-corrected chi connectivity index (χ0v) is 11.4. The number of halogens is 3. The second kappa shape index (κ2) is 8.11. The van der Waals surface area contributed by atoms with Gasteiger partial charge in [0.15, 0.2) is 0 Å². The highest BCUT2D eigenvalue weighted by Crippen LogP contribution is 2.24. The lowest BCUT2D eigenvalue weighted by molar-refractivity contribution is -0.274. The van der Waals surface area contributed by atoms with Crippen molar-refractivity contribution in [1.82, 2.24) is 5.32 Å². The van der Waals surface area contributed by atoms with Crippen LogP contribution in [0.1, 0.15) is 37.8 Å². The third kappa shape index (κ3) is 6.77. The number of nitrogens with one attached hydrogen (secondary N) is 1. The van der Waals surface area contributed by atoms with Crippen LogP contribution in [-0.4, -0.2) is 24.6 Å². The van der Waals surface area contributed by atoms with Crippen molar-refractivity contribution in [2.75, 3.05) is 13.2 Å². The Morgan fingerprint density at radius 1 is 1.15 bits per heavy atom. The fourth-order valence-corrected chi connectivity index (χ4v) is 1.81. The van der Waals surface area contributed by atoms with Gasteiger partial charge in [-0.1, -0.05) is 12.1 Å². The summed E-state index contributed by atoms with van der Waals surface area (Å²) >= 11 is 0. The van der Waals surface area contributed by atoms with E-state index in [1.165, 1.54) is 12.1 Å². The van der Waals surface area contributed by atoms with Crippen LogP contribution < -0.4 is 10.1 Å². The summed E-state index contributed by atoms with van der Waals surface area (Å²) in [5.41, 5.74) is 0.904.